The highest BCUT2D eigenvalue weighted by Gasteiger charge is 2.05. The Morgan fingerprint density at radius 1 is 1.29 bits per heavy atom. The molecule has 2 rings (SSSR count). The number of nitrogens with two attached hydrogens (primary N) is 1. The van der Waals surface area contributed by atoms with Crippen LogP contribution >= 0.6 is 23.6 Å². The zero-order valence-electron chi connectivity index (χ0n) is 7.31. The Bertz CT molecular complexity index is 448. The van der Waals surface area contributed by atoms with Crippen LogP contribution in [0.4, 0.5) is 0 Å². The molecule has 0 fully saturated rings. The van der Waals surface area contributed by atoms with Gasteiger partial charge in [0.25, 0.3) is 0 Å². The van der Waals surface area contributed by atoms with E-state index in [0.29, 0.717) is 10.7 Å². The van der Waals surface area contributed by atoms with Gasteiger partial charge in [0.1, 0.15) is 15.7 Å². The first-order chi connectivity index (χ1) is 6.77. The third-order valence-electron chi connectivity index (χ3n) is 1.78. The molecule has 1 aromatic heterocycles. The molecule has 0 atom stereocenters. The number of thiazole rings is 1. The normalized spacial score (nSPS) is 10.0. The molecular weight excluding hydrogens is 212 g/mol. The summed E-state index contributed by atoms with van der Waals surface area (Å²) in [5, 5.41) is 2.83. The van der Waals surface area contributed by atoms with Crippen molar-refractivity contribution in [3.05, 3.63) is 41.4 Å². The predicted molar refractivity (Wildman–Crippen MR) is 63.4 cm³/mol. The van der Waals surface area contributed by atoms with Crippen LogP contribution in [-0.2, 0) is 0 Å². The topological polar surface area (TPSA) is 38.9 Å². The van der Waals surface area contributed by atoms with Crippen LogP contribution < -0.4 is 5.73 Å². The Balaban J connectivity index is 2.39. The molecule has 4 heteroatoms. The van der Waals surface area contributed by atoms with Gasteiger partial charge in [-0.05, 0) is 0 Å². The van der Waals surface area contributed by atoms with E-state index in [0.717, 1.165) is 10.6 Å². The third-order valence-corrected chi connectivity index (χ3v) is 2.88. The first kappa shape index (κ1) is 9.30. The molecule has 0 saturated carbocycles. The van der Waals surface area contributed by atoms with Gasteiger partial charge in [0, 0.05) is 10.9 Å². The van der Waals surface area contributed by atoms with Gasteiger partial charge in [-0.2, -0.15) is 0 Å². The van der Waals surface area contributed by atoms with Gasteiger partial charge >= 0.3 is 0 Å². The second kappa shape index (κ2) is 3.86. The van der Waals surface area contributed by atoms with E-state index in [1.807, 2.05) is 35.7 Å². The van der Waals surface area contributed by atoms with Crippen molar-refractivity contribution in [1.29, 1.82) is 0 Å². The van der Waals surface area contributed by atoms with Gasteiger partial charge in [0.05, 0.1) is 0 Å². The second-order valence-electron chi connectivity index (χ2n) is 2.77. The molecule has 2 aromatic rings. The number of hydrogen-bond donors (Lipinski definition) is 1. The maximum absolute atomic E-state index is 5.48. The summed E-state index contributed by atoms with van der Waals surface area (Å²) in [6.45, 7) is 0. The number of hydrogen-bond acceptors (Lipinski definition) is 3. The van der Waals surface area contributed by atoms with Crippen molar-refractivity contribution in [3.8, 4) is 10.6 Å². The lowest BCUT2D eigenvalue weighted by molar-refractivity contribution is 1.37. The van der Waals surface area contributed by atoms with Gasteiger partial charge in [-0.25, -0.2) is 4.98 Å². The Kier molecular flexibility index (Phi) is 2.56. The van der Waals surface area contributed by atoms with E-state index >= 15 is 0 Å². The van der Waals surface area contributed by atoms with E-state index in [4.69, 9.17) is 18.0 Å². The van der Waals surface area contributed by atoms with Crippen LogP contribution in [0.5, 0.6) is 0 Å². The Hall–Kier alpha value is -1.26. The van der Waals surface area contributed by atoms with Crippen molar-refractivity contribution >= 4 is 28.5 Å². The summed E-state index contributed by atoms with van der Waals surface area (Å²) in [4.78, 5) is 4.68. The van der Waals surface area contributed by atoms with Crippen molar-refractivity contribution in [3.63, 3.8) is 0 Å². The molecule has 0 unspecified atom stereocenters. The average molecular weight is 220 g/mol. The number of benzene rings is 1. The van der Waals surface area contributed by atoms with E-state index in [2.05, 4.69) is 4.98 Å². The molecule has 1 aromatic carbocycles. The molecule has 0 saturated heterocycles. The minimum atomic E-state index is 0.350. The monoisotopic (exact) mass is 220 g/mol. The van der Waals surface area contributed by atoms with Crippen LogP contribution in [-0.4, -0.2) is 9.97 Å². The molecular formula is C10H8N2S2. The molecule has 70 valence electrons. The summed E-state index contributed by atoms with van der Waals surface area (Å²) in [5.41, 5.74) is 7.28. The van der Waals surface area contributed by atoms with Crippen molar-refractivity contribution in [1.82, 2.24) is 4.98 Å². The first-order valence-corrected chi connectivity index (χ1v) is 5.37. The largest absolute Gasteiger partial charge is 0.388 e. The zero-order valence-corrected chi connectivity index (χ0v) is 8.94. The lowest BCUT2D eigenvalue weighted by atomic mass is 10.2. The summed E-state index contributed by atoms with van der Waals surface area (Å²) in [7, 11) is 0. The van der Waals surface area contributed by atoms with Crippen LogP contribution in [0.3, 0.4) is 0 Å². The fourth-order valence-electron chi connectivity index (χ4n) is 1.10. The quantitative estimate of drug-likeness (QED) is 0.790. The van der Waals surface area contributed by atoms with Crippen LogP contribution in [0.1, 0.15) is 5.69 Å². The molecule has 0 bridgehead atoms. The standard InChI is InChI=1S/C10H8N2S2/c11-9(13)8-6-14-10(12-8)7-4-2-1-3-5-7/h1-6H,(H2,11,13). The molecule has 0 amide bonds. The lowest BCUT2D eigenvalue weighted by Crippen LogP contribution is -2.09. The molecule has 0 radical (unpaired) electrons. The number of nitrogens with zero attached hydrogens (tertiary/aromatic N) is 1. The molecule has 0 aliphatic rings. The Labute approximate surface area is 91.4 Å². The minimum Gasteiger partial charge on any atom is -0.388 e. The summed E-state index contributed by atoms with van der Waals surface area (Å²) >= 11 is 6.40. The second-order valence-corrected chi connectivity index (χ2v) is 4.07. The predicted octanol–water partition coefficient (Wildman–Crippen LogP) is 2.44. The van der Waals surface area contributed by atoms with E-state index < -0.39 is 0 Å². The summed E-state index contributed by atoms with van der Waals surface area (Å²) < 4.78 is 0. The van der Waals surface area contributed by atoms with E-state index in [9.17, 15) is 0 Å². The third kappa shape index (κ3) is 1.81. The Morgan fingerprint density at radius 3 is 2.57 bits per heavy atom. The van der Waals surface area contributed by atoms with E-state index in [1.165, 1.54) is 0 Å². The van der Waals surface area contributed by atoms with Crippen LogP contribution in [0, 0.1) is 0 Å². The average Bonchev–Trinajstić information content (AvgIpc) is 2.68. The first-order valence-electron chi connectivity index (χ1n) is 4.08. The van der Waals surface area contributed by atoms with Crippen molar-refractivity contribution in [2.45, 2.75) is 0 Å². The summed E-state index contributed by atoms with van der Waals surface area (Å²) in [6.07, 6.45) is 0. The summed E-state index contributed by atoms with van der Waals surface area (Å²) in [6, 6.07) is 9.98. The van der Waals surface area contributed by atoms with Gasteiger partial charge in [-0.3, -0.25) is 0 Å². The fourth-order valence-corrected chi connectivity index (χ4v) is 2.11. The maximum Gasteiger partial charge on any atom is 0.124 e. The smallest absolute Gasteiger partial charge is 0.124 e. The molecule has 0 spiro atoms. The Morgan fingerprint density at radius 2 is 2.00 bits per heavy atom. The van der Waals surface area contributed by atoms with Gasteiger partial charge in [0.2, 0.25) is 0 Å². The minimum absolute atomic E-state index is 0.350. The van der Waals surface area contributed by atoms with Gasteiger partial charge in [-0.15, -0.1) is 11.3 Å². The molecule has 0 aliphatic carbocycles. The van der Waals surface area contributed by atoms with Crippen molar-refractivity contribution in [2.75, 3.05) is 0 Å². The van der Waals surface area contributed by atoms with Crippen molar-refractivity contribution in [2.24, 2.45) is 5.73 Å². The zero-order chi connectivity index (χ0) is 9.97. The van der Waals surface area contributed by atoms with Crippen molar-refractivity contribution < 1.29 is 0 Å². The highest BCUT2D eigenvalue weighted by molar-refractivity contribution is 7.80. The number of aromatic nitrogens is 1. The van der Waals surface area contributed by atoms with E-state index in [-0.39, 0.29) is 0 Å². The van der Waals surface area contributed by atoms with Gasteiger partial charge in [-0.1, -0.05) is 42.5 Å². The molecule has 2 nitrogen and oxygen atoms in total. The van der Waals surface area contributed by atoms with Crippen LogP contribution in [0.2, 0.25) is 0 Å². The number of rotatable bonds is 2. The molecule has 14 heavy (non-hydrogen) atoms. The van der Waals surface area contributed by atoms with Crippen LogP contribution in [0.25, 0.3) is 10.6 Å². The lowest BCUT2D eigenvalue weighted by Gasteiger charge is -1.93. The molecule has 0 aliphatic heterocycles. The highest BCUT2D eigenvalue weighted by atomic mass is 32.1. The van der Waals surface area contributed by atoms with Gasteiger partial charge in [0.15, 0.2) is 0 Å². The van der Waals surface area contributed by atoms with Crippen LogP contribution in [0.15, 0.2) is 35.7 Å². The summed E-state index contributed by atoms with van der Waals surface area (Å²) in [5.74, 6) is 0. The SMILES string of the molecule is NC(=S)c1csc(-c2ccccc2)n1. The van der Waals surface area contributed by atoms with Gasteiger partial charge < -0.3 is 5.73 Å². The highest BCUT2D eigenvalue weighted by Crippen LogP contribution is 2.22. The fraction of sp³-hybridized carbons (Fsp3) is 0. The molecule has 1 heterocycles. The molecule has 2 N–H and O–H groups in total. The van der Waals surface area contributed by atoms with E-state index in [1.54, 1.807) is 11.3 Å². The number of thiocarbonyl (C=S) groups is 1. The maximum atomic E-state index is 5.48.